The Bertz CT molecular complexity index is 221. The van der Waals surface area contributed by atoms with Crippen molar-refractivity contribution in [2.45, 2.75) is 32.5 Å². The molecule has 0 atom stereocenters. The molecule has 0 unspecified atom stereocenters. The molecule has 0 spiro atoms. The maximum atomic E-state index is 11.4. The second-order valence-corrected chi connectivity index (χ2v) is 4.61. The predicted octanol–water partition coefficient (Wildman–Crippen LogP) is 0.912. The molecule has 0 aromatic carbocycles. The first kappa shape index (κ1) is 11.5. The van der Waals surface area contributed by atoms with Gasteiger partial charge < -0.3 is 14.8 Å². The smallest absolute Gasteiger partial charge is 0.220 e. The van der Waals surface area contributed by atoms with E-state index in [2.05, 4.69) is 5.32 Å². The summed E-state index contributed by atoms with van der Waals surface area (Å²) in [6.07, 6.45) is 1.23. The van der Waals surface area contributed by atoms with Gasteiger partial charge in [-0.1, -0.05) is 13.8 Å². The molecular formula is C10H19NO3. The molecule has 0 radical (unpaired) electrons. The fourth-order valence-corrected chi connectivity index (χ4v) is 1.96. The van der Waals surface area contributed by atoms with Crippen LogP contribution in [-0.2, 0) is 14.3 Å². The fraction of sp³-hybridized carbons (Fsp3) is 0.900. The first-order valence-electron chi connectivity index (χ1n) is 4.80. The van der Waals surface area contributed by atoms with E-state index in [4.69, 9.17) is 9.47 Å². The van der Waals surface area contributed by atoms with Crippen molar-refractivity contribution >= 4 is 5.91 Å². The summed E-state index contributed by atoms with van der Waals surface area (Å²) in [5.41, 5.74) is -0.0907. The Kier molecular flexibility index (Phi) is 3.17. The SMILES string of the molecule is COC1(OC)CNC(=O)CC(C)(C)C1. The highest BCUT2D eigenvalue weighted by atomic mass is 16.7. The summed E-state index contributed by atoms with van der Waals surface area (Å²) in [7, 11) is 3.22. The van der Waals surface area contributed by atoms with Crippen molar-refractivity contribution in [3.8, 4) is 0 Å². The van der Waals surface area contributed by atoms with Crippen LogP contribution in [0.25, 0.3) is 0 Å². The molecule has 1 N–H and O–H groups in total. The van der Waals surface area contributed by atoms with Crippen LogP contribution >= 0.6 is 0 Å². The average Bonchev–Trinajstić information content (AvgIpc) is 2.22. The Morgan fingerprint density at radius 2 is 1.86 bits per heavy atom. The number of nitrogens with one attached hydrogen (secondary N) is 1. The minimum atomic E-state index is -0.671. The topological polar surface area (TPSA) is 47.6 Å². The van der Waals surface area contributed by atoms with Crippen LogP contribution < -0.4 is 5.32 Å². The van der Waals surface area contributed by atoms with Gasteiger partial charge in [0, 0.05) is 27.1 Å². The van der Waals surface area contributed by atoms with Crippen LogP contribution in [0, 0.1) is 5.41 Å². The monoisotopic (exact) mass is 201 g/mol. The summed E-state index contributed by atoms with van der Waals surface area (Å²) in [4.78, 5) is 11.4. The van der Waals surface area contributed by atoms with E-state index >= 15 is 0 Å². The van der Waals surface area contributed by atoms with Crippen LogP contribution in [-0.4, -0.2) is 32.5 Å². The van der Waals surface area contributed by atoms with Gasteiger partial charge in [0.05, 0.1) is 6.54 Å². The van der Waals surface area contributed by atoms with Gasteiger partial charge in [-0.2, -0.15) is 0 Å². The summed E-state index contributed by atoms with van der Waals surface area (Å²) in [6, 6.07) is 0. The summed E-state index contributed by atoms with van der Waals surface area (Å²) in [6.45, 7) is 4.51. The van der Waals surface area contributed by atoms with Crippen molar-refractivity contribution in [1.29, 1.82) is 0 Å². The molecule has 1 saturated heterocycles. The quantitative estimate of drug-likeness (QED) is 0.676. The van der Waals surface area contributed by atoms with Crippen molar-refractivity contribution in [3.63, 3.8) is 0 Å². The number of ether oxygens (including phenoxy) is 2. The lowest BCUT2D eigenvalue weighted by Gasteiger charge is -2.34. The van der Waals surface area contributed by atoms with Gasteiger partial charge in [-0.25, -0.2) is 0 Å². The van der Waals surface area contributed by atoms with Gasteiger partial charge in [0.1, 0.15) is 0 Å². The third kappa shape index (κ3) is 2.45. The molecule has 0 bridgehead atoms. The first-order chi connectivity index (χ1) is 6.43. The number of amides is 1. The van der Waals surface area contributed by atoms with Gasteiger partial charge in [-0.05, 0) is 5.41 Å². The van der Waals surface area contributed by atoms with Crippen molar-refractivity contribution in [3.05, 3.63) is 0 Å². The van der Waals surface area contributed by atoms with E-state index in [0.717, 1.165) is 0 Å². The van der Waals surface area contributed by atoms with Crippen LogP contribution in [0.5, 0.6) is 0 Å². The Morgan fingerprint density at radius 3 is 2.36 bits per heavy atom. The summed E-state index contributed by atoms with van der Waals surface area (Å²) >= 11 is 0. The Labute approximate surface area is 85.0 Å². The number of hydrogen-bond acceptors (Lipinski definition) is 3. The highest BCUT2D eigenvalue weighted by molar-refractivity contribution is 5.77. The second kappa shape index (κ2) is 3.87. The summed E-state index contributed by atoms with van der Waals surface area (Å²) < 4.78 is 10.7. The lowest BCUT2D eigenvalue weighted by atomic mass is 9.83. The number of carbonyl (C=O) groups excluding carboxylic acids is 1. The zero-order valence-electron chi connectivity index (χ0n) is 9.35. The third-order valence-corrected chi connectivity index (χ3v) is 2.69. The Morgan fingerprint density at radius 1 is 1.29 bits per heavy atom. The molecular weight excluding hydrogens is 182 g/mol. The van der Waals surface area contributed by atoms with Crippen LogP contribution in [0.15, 0.2) is 0 Å². The van der Waals surface area contributed by atoms with E-state index in [1.807, 2.05) is 13.8 Å². The van der Waals surface area contributed by atoms with Gasteiger partial charge in [0.2, 0.25) is 5.91 Å². The number of methoxy groups -OCH3 is 2. The van der Waals surface area contributed by atoms with E-state index in [-0.39, 0.29) is 11.3 Å². The van der Waals surface area contributed by atoms with E-state index in [9.17, 15) is 4.79 Å². The lowest BCUT2D eigenvalue weighted by molar-refractivity contribution is -0.216. The number of rotatable bonds is 2. The zero-order valence-corrected chi connectivity index (χ0v) is 9.35. The van der Waals surface area contributed by atoms with Crippen LogP contribution in [0.3, 0.4) is 0 Å². The van der Waals surface area contributed by atoms with E-state index in [0.29, 0.717) is 19.4 Å². The van der Waals surface area contributed by atoms with E-state index in [1.165, 1.54) is 0 Å². The number of carbonyl (C=O) groups is 1. The van der Waals surface area contributed by atoms with Gasteiger partial charge in [0.25, 0.3) is 0 Å². The minimum absolute atomic E-state index is 0.0611. The van der Waals surface area contributed by atoms with Gasteiger partial charge in [-0.15, -0.1) is 0 Å². The largest absolute Gasteiger partial charge is 0.351 e. The Balaban J connectivity index is 2.85. The molecule has 1 amide bonds. The molecule has 4 nitrogen and oxygen atoms in total. The van der Waals surface area contributed by atoms with Gasteiger partial charge in [-0.3, -0.25) is 4.79 Å². The highest BCUT2D eigenvalue weighted by Gasteiger charge is 2.40. The summed E-state index contributed by atoms with van der Waals surface area (Å²) in [5, 5.41) is 2.80. The Hall–Kier alpha value is -0.610. The molecule has 0 saturated carbocycles. The summed E-state index contributed by atoms with van der Waals surface area (Å²) in [5.74, 6) is -0.610. The molecule has 0 aliphatic carbocycles. The van der Waals surface area contributed by atoms with Crippen LogP contribution in [0.4, 0.5) is 0 Å². The van der Waals surface area contributed by atoms with Crippen molar-refractivity contribution in [1.82, 2.24) is 5.32 Å². The highest BCUT2D eigenvalue weighted by Crippen LogP contribution is 2.35. The van der Waals surface area contributed by atoms with Crippen LogP contribution in [0.2, 0.25) is 0 Å². The van der Waals surface area contributed by atoms with E-state index in [1.54, 1.807) is 14.2 Å². The van der Waals surface area contributed by atoms with Gasteiger partial charge in [0.15, 0.2) is 5.79 Å². The first-order valence-corrected chi connectivity index (χ1v) is 4.80. The van der Waals surface area contributed by atoms with Crippen molar-refractivity contribution in [2.24, 2.45) is 5.41 Å². The average molecular weight is 201 g/mol. The molecule has 1 rings (SSSR count). The molecule has 1 aliphatic heterocycles. The van der Waals surface area contributed by atoms with Crippen molar-refractivity contribution < 1.29 is 14.3 Å². The molecule has 4 heteroatoms. The second-order valence-electron chi connectivity index (χ2n) is 4.61. The van der Waals surface area contributed by atoms with E-state index < -0.39 is 5.79 Å². The minimum Gasteiger partial charge on any atom is -0.351 e. The molecule has 14 heavy (non-hydrogen) atoms. The normalized spacial score (nSPS) is 25.3. The van der Waals surface area contributed by atoms with Gasteiger partial charge >= 0.3 is 0 Å². The molecule has 0 aromatic heterocycles. The molecule has 0 aromatic rings. The number of hydrogen-bond donors (Lipinski definition) is 1. The lowest BCUT2D eigenvalue weighted by Crippen LogP contribution is -2.44. The molecule has 1 fully saturated rings. The predicted molar refractivity (Wildman–Crippen MR) is 52.8 cm³/mol. The molecule has 1 heterocycles. The standard InChI is InChI=1S/C10H19NO3/c1-9(2)5-8(12)11-7-10(6-9,13-3)14-4/h5-7H2,1-4H3,(H,11,12). The zero-order chi connectivity index (χ0) is 10.8. The molecule has 1 aliphatic rings. The van der Waals surface area contributed by atoms with Crippen LogP contribution in [0.1, 0.15) is 26.7 Å². The third-order valence-electron chi connectivity index (χ3n) is 2.69. The maximum Gasteiger partial charge on any atom is 0.220 e. The van der Waals surface area contributed by atoms with Crippen molar-refractivity contribution in [2.75, 3.05) is 20.8 Å². The maximum absolute atomic E-state index is 11.4. The molecule has 82 valence electrons. The fourth-order valence-electron chi connectivity index (χ4n) is 1.96.